The summed E-state index contributed by atoms with van der Waals surface area (Å²) in [6, 6.07) is 9.90. The average Bonchev–Trinajstić information content (AvgIpc) is 3.02. The number of carboxylic acids is 1. The van der Waals surface area contributed by atoms with Crippen molar-refractivity contribution in [1.82, 2.24) is 4.90 Å². The second-order valence-electron chi connectivity index (χ2n) is 6.64. The van der Waals surface area contributed by atoms with Crippen molar-refractivity contribution in [2.75, 3.05) is 13.1 Å². The van der Waals surface area contributed by atoms with Crippen LogP contribution in [0.25, 0.3) is 11.3 Å². The first-order valence-corrected chi connectivity index (χ1v) is 8.21. The van der Waals surface area contributed by atoms with Gasteiger partial charge in [0.2, 0.25) is 0 Å². The summed E-state index contributed by atoms with van der Waals surface area (Å²) in [5.74, 6) is 0.644. The summed E-state index contributed by atoms with van der Waals surface area (Å²) < 4.78 is 5.84. The van der Waals surface area contributed by atoms with Crippen LogP contribution >= 0.6 is 0 Å². The summed E-state index contributed by atoms with van der Waals surface area (Å²) in [5.41, 5.74) is 0.810. The van der Waals surface area contributed by atoms with Crippen molar-refractivity contribution >= 4 is 11.7 Å². The van der Waals surface area contributed by atoms with Crippen LogP contribution in [0.4, 0.5) is 5.69 Å². The second kappa shape index (κ2) is 7.06. The van der Waals surface area contributed by atoms with Crippen molar-refractivity contribution in [1.29, 1.82) is 0 Å². The monoisotopic (exact) mass is 344 g/mol. The Labute approximate surface area is 145 Å². The molecule has 2 unspecified atom stereocenters. The van der Waals surface area contributed by atoms with Crippen molar-refractivity contribution in [2.45, 2.75) is 19.9 Å². The smallest absolute Gasteiger partial charge is 0.307 e. The number of carbonyl (C=O) groups is 1. The molecule has 2 atom stereocenters. The number of nitro benzene ring substituents is 1. The maximum Gasteiger partial charge on any atom is 0.307 e. The van der Waals surface area contributed by atoms with Crippen molar-refractivity contribution in [3.05, 3.63) is 52.3 Å². The Balaban J connectivity index is 1.69. The minimum absolute atomic E-state index is 0.0394. The highest BCUT2D eigenvalue weighted by Crippen LogP contribution is 2.27. The molecule has 1 aromatic heterocycles. The van der Waals surface area contributed by atoms with Gasteiger partial charge >= 0.3 is 5.97 Å². The summed E-state index contributed by atoms with van der Waals surface area (Å²) in [7, 11) is 0. The quantitative estimate of drug-likeness (QED) is 0.659. The fourth-order valence-electron chi connectivity index (χ4n) is 3.36. The van der Waals surface area contributed by atoms with E-state index in [2.05, 4.69) is 11.8 Å². The number of rotatable bonds is 5. The molecule has 0 amide bonds. The molecule has 1 aliphatic rings. The standard InChI is InChI=1S/C18H20N2O5/c1-12-8-14(18(21)22)10-19(9-12)11-16-6-7-17(25-16)13-2-4-15(5-3-13)20(23)24/h2-7,12,14H,8-11H2,1H3,(H,21,22). The molecule has 1 aliphatic heterocycles. The Morgan fingerprint density at radius 3 is 2.64 bits per heavy atom. The number of hydrogen-bond donors (Lipinski definition) is 1. The van der Waals surface area contributed by atoms with E-state index in [1.165, 1.54) is 12.1 Å². The van der Waals surface area contributed by atoms with Crippen LogP contribution in [-0.2, 0) is 11.3 Å². The number of hydrogen-bond acceptors (Lipinski definition) is 5. The zero-order valence-corrected chi connectivity index (χ0v) is 13.9. The summed E-state index contributed by atoms with van der Waals surface area (Å²) in [6.45, 7) is 3.98. The van der Waals surface area contributed by atoms with Crippen LogP contribution in [-0.4, -0.2) is 34.0 Å². The molecule has 0 bridgehead atoms. The molecule has 0 spiro atoms. The first-order chi connectivity index (χ1) is 11.9. The van der Waals surface area contributed by atoms with Gasteiger partial charge in [-0.05, 0) is 36.6 Å². The summed E-state index contributed by atoms with van der Waals surface area (Å²) >= 11 is 0. The lowest BCUT2D eigenvalue weighted by molar-refractivity contribution is -0.384. The Bertz CT molecular complexity index is 768. The highest BCUT2D eigenvalue weighted by molar-refractivity contribution is 5.70. The molecule has 1 aromatic carbocycles. The lowest BCUT2D eigenvalue weighted by atomic mass is 9.90. The number of aliphatic carboxylic acids is 1. The van der Waals surface area contributed by atoms with E-state index < -0.39 is 10.9 Å². The molecule has 7 nitrogen and oxygen atoms in total. The summed E-state index contributed by atoms with van der Waals surface area (Å²) in [4.78, 5) is 23.6. The largest absolute Gasteiger partial charge is 0.481 e. The van der Waals surface area contributed by atoms with Gasteiger partial charge in [0, 0.05) is 30.8 Å². The molecular formula is C18H20N2O5. The van der Waals surface area contributed by atoms with E-state index in [0.29, 0.717) is 31.2 Å². The number of nitro groups is 1. The van der Waals surface area contributed by atoms with Crippen molar-refractivity contribution in [2.24, 2.45) is 11.8 Å². The Kier molecular flexibility index (Phi) is 4.85. The number of piperidine rings is 1. The van der Waals surface area contributed by atoms with E-state index in [4.69, 9.17) is 4.42 Å². The number of furan rings is 1. The van der Waals surface area contributed by atoms with Gasteiger partial charge in [-0.3, -0.25) is 19.8 Å². The molecule has 2 aromatic rings. The second-order valence-corrected chi connectivity index (χ2v) is 6.64. The van der Waals surface area contributed by atoms with Gasteiger partial charge in [0.1, 0.15) is 11.5 Å². The molecule has 0 saturated carbocycles. The van der Waals surface area contributed by atoms with Crippen LogP contribution in [0.1, 0.15) is 19.1 Å². The van der Waals surface area contributed by atoms with Gasteiger partial charge in [-0.15, -0.1) is 0 Å². The first kappa shape index (κ1) is 17.2. The van der Waals surface area contributed by atoms with Gasteiger partial charge in [-0.2, -0.15) is 0 Å². The molecule has 7 heteroatoms. The molecule has 1 fully saturated rings. The highest BCUT2D eigenvalue weighted by atomic mass is 16.6. The van der Waals surface area contributed by atoms with Gasteiger partial charge in [0.15, 0.2) is 0 Å². The summed E-state index contributed by atoms with van der Waals surface area (Å²) in [6.07, 6.45) is 0.706. The fraction of sp³-hybridized carbons (Fsp3) is 0.389. The maximum atomic E-state index is 11.3. The van der Waals surface area contributed by atoms with Crippen molar-refractivity contribution in [3.63, 3.8) is 0 Å². The molecular weight excluding hydrogens is 324 g/mol. The number of benzene rings is 1. The van der Waals surface area contributed by atoms with Crippen LogP contribution < -0.4 is 0 Å². The SMILES string of the molecule is CC1CC(C(=O)O)CN(Cc2ccc(-c3ccc([N+](=O)[O-])cc3)o2)C1. The predicted octanol–water partition coefficient (Wildman–Crippen LogP) is 3.40. The van der Waals surface area contributed by atoms with Gasteiger partial charge in [-0.1, -0.05) is 6.92 Å². The highest BCUT2D eigenvalue weighted by Gasteiger charge is 2.29. The van der Waals surface area contributed by atoms with Crippen molar-refractivity contribution < 1.29 is 19.2 Å². The minimum atomic E-state index is -0.748. The van der Waals surface area contributed by atoms with E-state index in [9.17, 15) is 20.0 Å². The van der Waals surface area contributed by atoms with Gasteiger partial charge in [-0.25, -0.2) is 0 Å². The molecule has 1 N–H and O–H groups in total. The number of non-ortho nitro benzene ring substituents is 1. The summed E-state index contributed by atoms with van der Waals surface area (Å²) in [5, 5.41) is 20.0. The van der Waals surface area contributed by atoms with E-state index in [0.717, 1.165) is 17.9 Å². The van der Waals surface area contributed by atoms with E-state index >= 15 is 0 Å². The van der Waals surface area contributed by atoms with Gasteiger partial charge < -0.3 is 9.52 Å². The van der Waals surface area contributed by atoms with Crippen molar-refractivity contribution in [3.8, 4) is 11.3 Å². The lowest BCUT2D eigenvalue weighted by Crippen LogP contribution is -2.41. The van der Waals surface area contributed by atoms with Gasteiger partial charge in [0.25, 0.3) is 5.69 Å². The number of nitrogens with zero attached hydrogens (tertiary/aromatic N) is 2. The van der Waals surface area contributed by atoms with E-state index in [-0.39, 0.29) is 11.6 Å². The third-order valence-electron chi connectivity index (χ3n) is 4.49. The third-order valence-corrected chi connectivity index (χ3v) is 4.49. The van der Waals surface area contributed by atoms with Gasteiger partial charge in [0.05, 0.1) is 17.4 Å². The molecule has 2 heterocycles. The molecule has 0 aliphatic carbocycles. The normalized spacial score (nSPS) is 21.2. The predicted molar refractivity (Wildman–Crippen MR) is 91.0 cm³/mol. The Morgan fingerprint density at radius 1 is 1.28 bits per heavy atom. The van der Waals surface area contributed by atoms with Crippen LogP contribution in [0.5, 0.6) is 0 Å². The average molecular weight is 344 g/mol. The zero-order valence-electron chi connectivity index (χ0n) is 13.9. The maximum absolute atomic E-state index is 11.3. The number of likely N-dealkylation sites (tertiary alicyclic amines) is 1. The van der Waals surface area contributed by atoms with Crippen LogP contribution in [0.15, 0.2) is 40.8 Å². The van der Waals surface area contributed by atoms with E-state index in [1.807, 2.05) is 12.1 Å². The Hall–Kier alpha value is -2.67. The Morgan fingerprint density at radius 2 is 2.00 bits per heavy atom. The third kappa shape index (κ3) is 4.06. The molecule has 1 saturated heterocycles. The first-order valence-electron chi connectivity index (χ1n) is 8.21. The van der Waals surface area contributed by atoms with E-state index in [1.54, 1.807) is 12.1 Å². The molecule has 3 rings (SSSR count). The molecule has 25 heavy (non-hydrogen) atoms. The molecule has 0 radical (unpaired) electrons. The van der Waals surface area contributed by atoms with Crippen LogP contribution in [0, 0.1) is 22.0 Å². The number of carboxylic acid groups (broad SMARTS) is 1. The molecule has 132 valence electrons. The topological polar surface area (TPSA) is 96.8 Å². The fourth-order valence-corrected chi connectivity index (χ4v) is 3.36. The zero-order chi connectivity index (χ0) is 18.0. The lowest BCUT2D eigenvalue weighted by Gasteiger charge is -2.34. The minimum Gasteiger partial charge on any atom is -0.481 e. The van der Waals surface area contributed by atoms with Crippen LogP contribution in [0.2, 0.25) is 0 Å². The van der Waals surface area contributed by atoms with Crippen LogP contribution in [0.3, 0.4) is 0 Å².